The third kappa shape index (κ3) is 4.33. The summed E-state index contributed by atoms with van der Waals surface area (Å²) in [5.41, 5.74) is 7.32. The quantitative estimate of drug-likeness (QED) is 0.895. The molecule has 2 heterocycles. The van der Waals surface area contributed by atoms with Crippen LogP contribution >= 0.6 is 0 Å². The third-order valence-corrected chi connectivity index (χ3v) is 5.33. The molecule has 1 aromatic carbocycles. The average molecular weight is 345 g/mol. The van der Waals surface area contributed by atoms with Crippen molar-refractivity contribution < 1.29 is 9.53 Å². The molecule has 1 amide bonds. The Labute approximate surface area is 151 Å². The maximum Gasteiger partial charge on any atom is 0.410 e. The Hall–Kier alpha value is -1.59. The number of nitrogens with two attached hydrogens (primary N) is 1. The van der Waals surface area contributed by atoms with Crippen molar-refractivity contribution in [3.8, 4) is 0 Å². The SMILES string of the molecule is CC(C)(C)OC(=O)N1CCC2(CC1)CC(N)CN2Cc1ccccc1. The summed E-state index contributed by atoms with van der Waals surface area (Å²) in [7, 11) is 0. The topological polar surface area (TPSA) is 58.8 Å². The first kappa shape index (κ1) is 18.2. The first-order chi connectivity index (χ1) is 11.8. The van der Waals surface area contributed by atoms with Gasteiger partial charge in [-0.3, -0.25) is 4.90 Å². The van der Waals surface area contributed by atoms with E-state index in [0.29, 0.717) is 0 Å². The second-order valence-electron chi connectivity index (χ2n) is 8.52. The van der Waals surface area contributed by atoms with E-state index in [2.05, 4.69) is 29.2 Å². The van der Waals surface area contributed by atoms with E-state index in [1.54, 1.807) is 0 Å². The zero-order chi connectivity index (χ0) is 18.1. The van der Waals surface area contributed by atoms with Gasteiger partial charge in [-0.2, -0.15) is 0 Å². The summed E-state index contributed by atoms with van der Waals surface area (Å²) in [6, 6.07) is 10.8. The maximum atomic E-state index is 12.3. The molecule has 0 saturated carbocycles. The molecule has 1 aromatic rings. The first-order valence-corrected chi connectivity index (χ1v) is 9.30. The number of likely N-dealkylation sites (tertiary alicyclic amines) is 2. The second kappa shape index (κ2) is 6.96. The van der Waals surface area contributed by atoms with Crippen LogP contribution in [0.15, 0.2) is 30.3 Å². The highest BCUT2D eigenvalue weighted by Gasteiger charge is 2.46. The lowest BCUT2D eigenvalue weighted by Gasteiger charge is -2.45. The van der Waals surface area contributed by atoms with Crippen molar-refractivity contribution in [2.45, 2.75) is 63.8 Å². The van der Waals surface area contributed by atoms with Crippen molar-refractivity contribution in [2.75, 3.05) is 19.6 Å². The van der Waals surface area contributed by atoms with Crippen molar-refractivity contribution in [1.82, 2.24) is 9.80 Å². The lowest BCUT2D eigenvalue weighted by atomic mass is 9.84. The molecule has 0 bridgehead atoms. The highest BCUT2D eigenvalue weighted by Crippen LogP contribution is 2.39. The molecule has 0 aliphatic carbocycles. The van der Waals surface area contributed by atoms with Crippen LogP contribution in [0.4, 0.5) is 4.79 Å². The van der Waals surface area contributed by atoms with Gasteiger partial charge in [0.25, 0.3) is 0 Å². The van der Waals surface area contributed by atoms with E-state index in [1.807, 2.05) is 31.7 Å². The Bertz CT molecular complexity index is 589. The van der Waals surface area contributed by atoms with E-state index >= 15 is 0 Å². The molecule has 1 spiro atoms. The first-order valence-electron chi connectivity index (χ1n) is 9.30. The van der Waals surface area contributed by atoms with Crippen molar-refractivity contribution in [3.05, 3.63) is 35.9 Å². The Kier molecular flexibility index (Phi) is 5.07. The molecule has 2 saturated heterocycles. The molecule has 0 radical (unpaired) electrons. The van der Waals surface area contributed by atoms with E-state index in [0.717, 1.165) is 45.4 Å². The van der Waals surface area contributed by atoms with Gasteiger partial charge < -0.3 is 15.4 Å². The standard InChI is InChI=1S/C20H31N3O2/c1-19(2,3)25-18(24)22-11-9-20(10-12-22)13-17(21)15-23(20)14-16-7-5-4-6-8-16/h4-8,17H,9-15,21H2,1-3H3. The van der Waals surface area contributed by atoms with E-state index in [-0.39, 0.29) is 17.7 Å². The molecule has 138 valence electrons. The van der Waals surface area contributed by atoms with Gasteiger partial charge in [0.1, 0.15) is 5.60 Å². The van der Waals surface area contributed by atoms with E-state index in [1.165, 1.54) is 5.56 Å². The number of hydrogen-bond acceptors (Lipinski definition) is 4. The number of amides is 1. The Morgan fingerprint density at radius 2 is 1.88 bits per heavy atom. The molecular weight excluding hydrogens is 314 g/mol. The monoisotopic (exact) mass is 345 g/mol. The number of nitrogens with zero attached hydrogens (tertiary/aromatic N) is 2. The van der Waals surface area contributed by atoms with Crippen molar-refractivity contribution in [3.63, 3.8) is 0 Å². The van der Waals surface area contributed by atoms with Crippen LogP contribution in [0, 0.1) is 0 Å². The molecule has 25 heavy (non-hydrogen) atoms. The number of carbonyl (C=O) groups excluding carboxylic acids is 1. The maximum absolute atomic E-state index is 12.3. The van der Waals surface area contributed by atoms with Gasteiger partial charge in [-0.15, -0.1) is 0 Å². The third-order valence-electron chi connectivity index (χ3n) is 5.33. The minimum absolute atomic E-state index is 0.119. The molecule has 2 aliphatic heterocycles. The van der Waals surface area contributed by atoms with Crippen LogP contribution in [-0.4, -0.2) is 52.7 Å². The van der Waals surface area contributed by atoms with Crippen LogP contribution in [0.3, 0.4) is 0 Å². The molecule has 0 aromatic heterocycles. The van der Waals surface area contributed by atoms with E-state index in [4.69, 9.17) is 10.5 Å². The Balaban J connectivity index is 1.64. The van der Waals surface area contributed by atoms with Gasteiger partial charge in [0.15, 0.2) is 0 Å². The highest BCUT2D eigenvalue weighted by atomic mass is 16.6. The minimum atomic E-state index is -0.443. The van der Waals surface area contributed by atoms with Gasteiger partial charge in [-0.05, 0) is 45.6 Å². The Morgan fingerprint density at radius 3 is 2.48 bits per heavy atom. The van der Waals surface area contributed by atoms with Crippen LogP contribution in [0.2, 0.25) is 0 Å². The molecule has 3 rings (SSSR count). The molecule has 2 N–H and O–H groups in total. The summed E-state index contributed by atoms with van der Waals surface area (Å²) in [5, 5.41) is 0. The molecular formula is C20H31N3O2. The number of ether oxygens (including phenoxy) is 1. The van der Waals surface area contributed by atoms with Crippen LogP contribution < -0.4 is 5.73 Å². The van der Waals surface area contributed by atoms with Crippen molar-refractivity contribution in [2.24, 2.45) is 5.73 Å². The fourth-order valence-corrected chi connectivity index (χ4v) is 4.15. The number of carbonyl (C=O) groups is 1. The fourth-order valence-electron chi connectivity index (χ4n) is 4.15. The summed E-state index contributed by atoms with van der Waals surface area (Å²) < 4.78 is 5.52. The molecule has 5 nitrogen and oxygen atoms in total. The van der Waals surface area contributed by atoms with Gasteiger partial charge in [0.05, 0.1) is 0 Å². The molecule has 1 atom stereocenters. The normalized spacial score (nSPS) is 23.8. The van der Waals surface area contributed by atoms with Gasteiger partial charge in [-0.25, -0.2) is 4.79 Å². The highest BCUT2D eigenvalue weighted by molar-refractivity contribution is 5.68. The lowest BCUT2D eigenvalue weighted by Crippen LogP contribution is -2.53. The van der Waals surface area contributed by atoms with Crippen LogP contribution in [0.25, 0.3) is 0 Å². The lowest BCUT2D eigenvalue weighted by molar-refractivity contribution is 0.00164. The average Bonchev–Trinajstić information content (AvgIpc) is 2.82. The van der Waals surface area contributed by atoms with Gasteiger partial charge in [0, 0.05) is 37.8 Å². The molecule has 2 fully saturated rings. The van der Waals surface area contributed by atoms with Crippen LogP contribution in [0.5, 0.6) is 0 Å². The minimum Gasteiger partial charge on any atom is -0.444 e. The van der Waals surface area contributed by atoms with Crippen molar-refractivity contribution in [1.29, 1.82) is 0 Å². The molecule has 2 aliphatic rings. The number of benzene rings is 1. The predicted molar refractivity (Wildman–Crippen MR) is 99.2 cm³/mol. The van der Waals surface area contributed by atoms with Gasteiger partial charge in [-0.1, -0.05) is 30.3 Å². The van der Waals surface area contributed by atoms with Crippen LogP contribution in [0.1, 0.15) is 45.6 Å². The number of hydrogen-bond donors (Lipinski definition) is 1. The zero-order valence-corrected chi connectivity index (χ0v) is 15.7. The predicted octanol–water partition coefficient (Wildman–Crippen LogP) is 2.99. The van der Waals surface area contributed by atoms with Gasteiger partial charge >= 0.3 is 6.09 Å². The largest absolute Gasteiger partial charge is 0.444 e. The second-order valence-corrected chi connectivity index (χ2v) is 8.52. The number of rotatable bonds is 2. The summed E-state index contributed by atoms with van der Waals surface area (Å²) in [4.78, 5) is 16.7. The zero-order valence-electron chi connectivity index (χ0n) is 15.7. The van der Waals surface area contributed by atoms with E-state index < -0.39 is 5.60 Å². The van der Waals surface area contributed by atoms with Crippen LogP contribution in [-0.2, 0) is 11.3 Å². The van der Waals surface area contributed by atoms with Crippen molar-refractivity contribution >= 4 is 6.09 Å². The smallest absolute Gasteiger partial charge is 0.410 e. The van der Waals surface area contributed by atoms with Gasteiger partial charge in [0.2, 0.25) is 0 Å². The molecule has 1 unspecified atom stereocenters. The summed E-state index contributed by atoms with van der Waals surface area (Å²) in [6.07, 6.45) is 2.75. The summed E-state index contributed by atoms with van der Waals surface area (Å²) >= 11 is 0. The fraction of sp³-hybridized carbons (Fsp3) is 0.650. The summed E-state index contributed by atoms with van der Waals surface area (Å²) in [6.45, 7) is 9.08. The Morgan fingerprint density at radius 1 is 1.24 bits per heavy atom. The summed E-state index contributed by atoms with van der Waals surface area (Å²) in [5.74, 6) is 0. The van der Waals surface area contributed by atoms with E-state index in [9.17, 15) is 4.79 Å². The molecule has 5 heteroatoms. The number of piperidine rings is 1.